The number of para-hydroxylation sites is 1. The molecule has 1 aromatic carbocycles. The minimum Gasteiger partial charge on any atom is -0.484 e. The standard InChI is InChI=1S/C19H22N4O4/c24-18(14-27-16-4-2-1-3-5-16)22-6-7-23-15(13-22)12-17(20-23)19(25)21-8-10-26-11-9-21/h1-5,12H,6-11,13-14H2. The minimum absolute atomic E-state index is 0.00227. The van der Waals surface area contributed by atoms with E-state index < -0.39 is 0 Å². The first-order chi connectivity index (χ1) is 13.2. The number of fused-ring (bicyclic) bond motifs is 1. The van der Waals surface area contributed by atoms with Gasteiger partial charge in [0, 0.05) is 19.6 Å². The molecule has 8 heteroatoms. The van der Waals surface area contributed by atoms with E-state index in [1.807, 2.05) is 35.0 Å². The average Bonchev–Trinajstić information content (AvgIpc) is 3.16. The molecule has 0 bridgehead atoms. The fourth-order valence-electron chi connectivity index (χ4n) is 3.27. The Morgan fingerprint density at radius 1 is 1.04 bits per heavy atom. The van der Waals surface area contributed by atoms with Crippen molar-refractivity contribution in [1.29, 1.82) is 0 Å². The summed E-state index contributed by atoms with van der Waals surface area (Å²) in [5.41, 5.74) is 1.30. The smallest absolute Gasteiger partial charge is 0.274 e. The van der Waals surface area contributed by atoms with Crippen molar-refractivity contribution in [2.45, 2.75) is 13.1 Å². The maximum atomic E-state index is 12.6. The van der Waals surface area contributed by atoms with Crippen molar-refractivity contribution in [3.63, 3.8) is 0 Å². The van der Waals surface area contributed by atoms with E-state index >= 15 is 0 Å². The monoisotopic (exact) mass is 370 g/mol. The molecule has 0 saturated carbocycles. The highest BCUT2D eigenvalue weighted by Crippen LogP contribution is 2.16. The molecule has 2 aliphatic heterocycles. The quantitative estimate of drug-likeness (QED) is 0.795. The van der Waals surface area contributed by atoms with E-state index in [1.165, 1.54) is 0 Å². The molecule has 0 N–H and O–H groups in total. The molecular weight excluding hydrogens is 348 g/mol. The summed E-state index contributed by atoms with van der Waals surface area (Å²) < 4.78 is 12.6. The molecule has 27 heavy (non-hydrogen) atoms. The lowest BCUT2D eigenvalue weighted by Gasteiger charge is -2.27. The fraction of sp³-hybridized carbons (Fsp3) is 0.421. The summed E-state index contributed by atoms with van der Waals surface area (Å²) in [5.74, 6) is 0.518. The van der Waals surface area contributed by atoms with Gasteiger partial charge in [0.25, 0.3) is 11.8 Å². The van der Waals surface area contributed by atoms with Crippen molar-refractivity contribution < 1.29 is 19.1 Å². The summed E-state index contributed by atoms with van der Waals surface area (Å²) in [7, 11) is 0. The number of carbonyl (C=O) groups is 2. The summed E-state index contributed by atoms with van der Waals surface area (Å²) in [5, 5.41) is 4.43. The van der Waals surface area contributed by atoms with Gasteiger partial charge < -0.3 is 19.3 Å². The molecule has 0 spiro atoms. The third-order valence-corrected chi connectivity index (χ3v) is 4.77. The van der Waals surface area contributed by atoms with Gasteiger partial charge in [-0.3, -0.25) is 14.3 Å². The van der Waals surface area contributed by atoms with Crippen LogP contribution in [0, 0.1) is 0 Å². The Labute approximate surface area is 157 Å². The van der Waals surface area contributed by atoms with Crippen molar-refractivity contribution in [3.05, 3.63) is 47.8 Å². The maximum Gasteiger partial charge on any atom is 0.274 e. The van der Waals surface area contributed by atoms with Crippen molar-refractivity contribution in [2.24, 2.45) is 0 Å². The van der Waals surface area contributed by atoms with E-state index in [-0.39, 0.29) is 18.4 Å². The van der Waals surface area contributed by atoms with Crippen LogP contribution in [0.25, 0.3) is 0 Å². The van der Waals surface area contributed by atoms with Gasteiger partial charge >= 0.3 is 0 Å². The molecular formula is C19H22N4O4. The lowest BCUT2D eigenvalue weighted by Crippen LogP contribution is -2.41. The average molecular weight is 370 g/mol. The predicted molar refractivity (Wildman–Crippen MR) is 96.3 cm³/mol. The van der Waals surface area contributed by atoms with Crippen LogP contribution in [0.1, 0.15) is 16.2 Å². The molecule has 0 unspecified atom stereocenters. The first kappa shape index (κ1) is 17.5. The SMILES string of the molecule is O=C(COc1ccccc1)N1CCn2nc(C(=O)N3CCOCC3)cc2C1. The van der Waals surface area contributed by atoms with Crippen LogP contribution in [0.3, 0.4) is 0 Å². The number of ether oxygens (including phenoxy) is 2. The van der Waals surface area contributed by atoms with Gasteiger partial charge in [0.1, 0.15) is 5.75 Å². The van der Waals surface area contributed by atoms with E-state index in [4.69, 9.17) is 9.47 Å². The molecule has 8 nitrogen and oxygen atoms in total. The third-order valence-electron chi connectivity index (χ3n) is 4.77. The number of aromatic nitrogens is 2. The number of benzene rings is 1. The van der Waals surface area contributed by atoms with Crippen LogP contribution >= 0.6 is 0 Å². The second kappa shape index (κ2) is 7.79. The molecule has 2 aromatic rings. The summed E-state index contributed by atoms with van der Waals surface area (Å²) in [6, 6.07) is 11.1. The normalized spacial score (nSPS) is 16.7. The highest BCUT2D eigenvalue weighted by Gasteiger charge is 2.26. The number of morpholine rings is 1. The first-order valence-corrected chi connectivity index (χ1v) is 9.10. The fourth-order valence-corrected chi connectivity index (χ4v) is 3.27. The topological polar surface area (TPSA) is 76.9 Å². The Balaban J connectivity index is 1.37. The van der Waals surface area contributed by atoms with E-state index in [2.05, 4.69) is 5.10 Å². The molecule has 142 valence electrons. The Morgan fingerprint density at radius 2 is 1.81 bits per heavy atom. The van der Waals surface area contributed by atoms with Crippen LogP contribution in [-0.4, -0.2) is 70.8 Å². The van der Waals surface area contributed by atoms with Crippen molar-refractivity contribution in [2.75, 3.05) is 39.5 Å². The van der Waals surface area contributed by atoms with Crippen LogP contribution in [-0.2, 0) is 22.6 Å². The lowest BCUT2D eigenvalue weighted by atomic mass is 10.2. The molecule has 2 aliphatic rings. The summed E-state index contributed by atoms with van der Waals surface area (Å²) in [4.78, 5) is 28.5. The highest BCUT2D eigenvalue weighted by molar-refractivity contribution is 5.92. The van der Waals surface area contributed by atoms with Crippen LogP contribution < -0.4 is 4.74 Å². The van der Waals surface area contributed by atoms with Crippen LogP contribution in [0.4, 0.5) is 0 Å². The molecule has 2 amide bonds. The van der Waals surface area contributed by atoms with Crippen molar-refractivity contribution in [3.8, 4) is 5.75 Å². The number of hydrogen-bond acceptors (Lipinski definition) is 5. The molecule has 1 fully saturated rings. The van der Waals surface area contributed by atoms with Gasteiger partial charge in [0.05, 0.1) is 32.0 Å². The van der Waals surface area contributed by atoms with Gasteiger partial charge in [-0.15, -0.1) is 0 Å². The number of amides is 2. The Kier molecular flexibility index (Phi) is 5.06. The highest BCUT2D eigenvalue weighted by atomic mass is 16.5. The molecule has 1 saturated heterocycles. The summed E-state index contributed by atoms with van der Waals surface area (Å²) in [6.45, 7) is 3.84. The Bertz CT molecular complexity index is 814. The van der Waals surface area contributed by atoms with E-state index in [1.54, 1.807) is 15.9 Å². The van der Waals surface area contributed by atoms with Crippen molar-refractivity contribution >= 4 is 11.8 Å². The molecule has 0 aliphatic carbocycles. The molecule has 0 radical (unpaired) electrons. The van der Waals surface area contributed by atoms with Gasteiger partial charge in [-0.2, -0.15) is 5.10 Å². The predicted octanol–water partition coefficient (Wildman–Crippen LogP) is 0.777. The van der Waals surface area contributed by atoms with E-state index in [0.717, 1.165) is 5.69 Å². The van der Waals surface area contributed by atoms with Gasteiger partial charge in [-0.1, -0.05) is 18.2 Å². The Morgan fingerprint density at radius 3 is 2.59 bits per heavy atom. The van der Waals surface area contributed by atoms with Crippen LogP contribution in [0.5, 0.6) is 5.75 Å². The zero-order valence-electron chi connectivity index (χ0n) is 15.0. The van der Waals surface area contributed by atoms with Gasteiger partial charge in [0.2, 0.25) is 0 Å². The number of hydrogen-bond donors (Lipinski definition) is 0. The second-order valence-corrected chi connectivity index (χ2v) is 6.57. The van der Waals surface area contributed by atoms with Gasteiger partial charge in [-0.25, -0.2) is 0 Å². The molecule has 1 aromatic heterocycles. The Hall–Kier alpha value is -2.87. The number of nitrogens with zero attached hydrogens (tertiary/aromatic N) is 4. The van der Waals surface area contributed by atoms with Gasteiger partial charge in [0.15, 0.2) is 12.3 Å². The van der Waals surface area contributed by atoms with E-state index in [0.29, 0.717) is 57.4 Å². The maximum absolute atomic E-state index is 12.6. The first-order valence-electron chi connectivity index (χ1n) is 9.10. The zero-order valence-corrected chi connectivity index (χ0v) is 15.0. The largest absolute Gasteiger partial charge is 0.484 e. The molecule has 3 heterocycles. The lowest BCUT2D eigenvalue weighted by molar-refractivity contribution is -0.134. The second-order valence-electron chi connectivity index (χ2n) is 6.57. The molecule has 0 atom stereocenters. The third kappa shape index (κ3) is 3.95. The zero-order chi connectivity index (χ0) is 18.6. The number of carbonyl (C=O) groups excluding carboxylic acids is 2. The van der Waals surface area contributed by atoms with Crippen LogP contribution in [0.15, 0.2) is 36.4 Å². The van der Waals surface area contributed by atoms with Crippen molar-refractivity contribution in [1.82, 2.24) is 19.6 Å². The van der Waals surface area contributed by atoms with Crippen LogP contribution in [0.2, 0.25) is 0 Å². The van der Waals surface area contributed by atoms with Gasteiger partial charge in [-0.05, 0) is 18.2 Å². The minimum atomic E-state index is -0.0783. The summed E-state index contributed by atoms with van der Waals surface area (Å²) >= 11 is 0. The van der Waals surface area contributed by atoms with E-state index in [9.17, 15) is 9.59 Å². The number of rotatable bonds is 4. The summed E-state index contributed by atoms with van der Waals surface area (Å²) in [6.07, 6.45) is 0. The molecule has 4 rings (SSSR count).